The number of alkyl halides is 3. The Hall–Kier alpha value is -0.980. The monoisotopic (exact) mass is 283 g/mol. The van der Waals surface area contributed by atoms with Gasteiger partial charge in [-0.05, 0) is 26.7 Å². The minimum absolute atomic E-state index is 0.0744. The summed E-state index contributed by atoms with van der Waals surface area (Å²) in [5, 5.41) is 9.16. The summed E-state index contributed by atoms with van der Waals surface area (Å²) >= 11 is 0. The van der Waals surface area contributed by atoms with Crippen LogP contribution >= 0.6 is 0 Å². The average Bonchev–Trinajstić information content (AvgIpc) is 2.53. The number of carbonyl (C=O) groups is 1. The number of aliphatic hydroxyl groups is 1. The standard InChI is InChI=1S/C12H20F3NO3/c1-8-5-16(9(18)19-10(2,3)4)6-11(8,7-17)12(13,14)15/h8,17H,5-7H2,1-4H3. The predicted octanol–water partition coefficient (Wildman–Crippen LogP) is 2.41. The fraction of sp³-hybridized carbons (Fsp3) is 0.917. The molecule has 7 heteroatoms. The number of amides is 1. The maximum Gasteiger partial charge on any atom is 0.410 e. The van der Waals surface area contributed by atoms with Crippen LogP contribution in [0.2, 0.25) is 0 Å². The molecule has 0 bridgehead atoms. The molecule has 0 saturated carbocycles. The largest absolute Gasteiger partial charge is 0.444 e. The Morgan fingerprint density at radius 2 is 1.95 bits per heavy atom. The minimum Gasteiger partial charge on any atom is -0.444 e. The molecule has 1 N–H and O–H groups in total. The minimum atomic E-state index is -4.56. The lowest BCUT2D eigenvalue weighted by molar-refractivity contribution is -0.241. The Kier molecular flexibility index (Phi) is 4.10. The van der Waals surface area contributed by atoms with Gasteiger partial charge in [-0.2, -0.15) is 13.2 Å². The molecule has 1 aliphatic rings. The highest BCUT2D eigenvalue weighted by Crippen LogP contribution is 2.48. The van der Waals surface area contributed by atoms with E-state index >= 15 is 0 Å². The van der Waals surface area contributed by atoms with E-state index in [0.717, 1.165) is 4.90 Å². The topological polar surface area (TPSA) is 49.8 Å². The van der Waals surface area contributed by atoms with Crippen LogP contribution < -0.4 is 0 Å². The lowest BCUT2D eigenvalue weighted by atomic mass is 9.79. The first-order chi connectivity index (χ1) is 8.43. The number of aliphatic hydroxyl groups excluding tert-OH is 1. The van der Waals surface area contributed by atoms with Crippen LogP contribution in [0.3, 0.4) is 0 Å². The maximum absolute atomic E-state index is 13.1. The second-order valence-electron chi connectivity index (χ2n) is 6.07. The number of ether oxygens (including phenoxy) is 1. The van der Waals surface area contributed by atoms with Crippen molar-refractivity contribution in [3.63, 3.8) is 0 Å². The average molecular weight is 283 g/mol. The van der Waals surface area contributed by atoms with E-state index in [-0.39, 0.29) is 6.54 Å². The molecular weight excluding hydrogens is 263 g/mol. The summed E-state index contributed by atoms with van der Waals surface area (Å²) in [7, 11) is 0. The normalized spacial score (nSPS) is 28.6. The van der Waals surface area contributed by atoms with Crippen LogP contribution in [0.15, 0.2) is 0 Å². The molecular formula is C12H20F3NO3. The Morgan fingerprint density at radius 1 is 1.42 bits per heavy atom. The quantitative estimate of drug-likeness (QED) is 0.804. The molecule has 1 saturated heterocycles. The van der Waals surface area contributed by atoms with Gasteiger partial charge in [-0.25, -0.2) is 4.79 Å². The molecule has 1 fully saturated rings. The van der Waals surface area contributed by atoms with Crippen molar-refractivity contribution >= 4 is 6.09 Å². The van der Waals surface area contributed by atoms with Crippen molar-refractivity contribution in [2.75, 3.05) is 19.7 Å². The van der Waals surface area contributed by atoms with E-state index in [4.69, 9.17) is 9.84 Å². The van der Waals surface area contributed by atoms with Crippen molar-refractivity contribution in [2.45, 2.75) is 39.5 Å². The van der Waals surface area contributed by atoms with Crippen LogP contribution in [-0.4, -0.2) is 47.6 Å². The Labute approximate surface area is 110 Å². The summed E-state index contributed by atoms with van der Waals surface area (Å²) in [6.45, 7) is 4.65. The number of hydrogen-bond donors (Lipinski definition) is 1. The lowest BCUT2D eigenvalue weighted by Gasteiger charge is -2.33. The summed E-state index contributed by atoms with van der Waals surface area (Å²) in [5.41, 5.74) is -3.02. The molecule has 0 aromatic carbocycles. The van der Waals surface area contributed by atoms with Crippen LogP contribution in [0.5, 0.6) is 0 Å². The number of nitrogens with zero attached hydrogens (tertiary/aromatic N) is 1. The first-order valence-electron chi connectivity index (χ1n) is 6.08. The van der Waals surface area contributed by atoms with Crippen LogP contribution in [0.1, 0.15) is 27.7 Å². The van der Waals surface area contributed by atoms with E-state index in [1.807, 2.05) is 0 Å². The first kappa shape index (κ1) is 16.1. The van der Waals surface area contributed by atoms with E-state index in [1.165, 1.54) is 6.92 Å². The molecule has 1 rings (SSSR count). The SMILES string of the molecule is CC1CN(C(=O)OC(C)(C)C)CC1(CO)C(F)(F)F. The number of likely N-dealkylation sites (tertiary alicyclic amines) is 1. The third kappa shape index (κ3) is 3.13. The molecule has 4 nitrogen and oxygen atoms in total. The second-order valence-corrected chi connectivity index (χ2v) is 6.07. The van der Waals surface area contributed by atoms with E-state index < -0.39 is 42.4 Å². The fourth-order valence-electron chi connectivity index (χ4n) is 2.20. The van der Waals surface area contributed by atoms with Crippen LogP contribution in [0.4, 0.5) is 18.0 Å². The lowest BCUT2D eigenvalue weighted by Crippen LogP contribution is -2.47. The van der Waals surface area contributed by atoms with Crippen LogP contribution in [0, 0.1) is 11.3 Å². The van der Waals surface area contributed by atoms with Gasteiger partial charge in [0.25, 0.3) is 0 Å². The third-order valence-electron chi connectivity index (χ3n) is 3.41. The number of hydrogen-bond acceptors (Lipinski definition) is 3. The number of halogens is 3. The molecule has 1 heterocycles. The van der Waals surface area contributed by atoms with Crippen molar-refractivity contribution in [3.05, 3.63) is 0 Å². The van der Waals surface area contributed by atoms with Crippen molar-refractivity contribution in [3.8, 4) is 0 Å². The van der Waals surface area contributed by atoms with Crippen molar-refractivity contribution in [1.29, 1.82) is 0 Å². The summed E-state index contributed by atoms with van der Waals surface area (Å²) < 4.78 is 44.4. The van der Waals surface area contributed by atoms with Gasteiger partial charge in [-0.1, -0.05) is 6.92 Å². The van der Waals surface area contributed by atoms with Gasteiger partial charge >= 0.3 is 12.3 Å². The van der Waals surface area contributed by atoms with E-state index in [1.54, 1.807) is 20.8 Å². The summed E-state index contributed by atoms with van der Waals surface area (Å²) in [4.78, 5) is 12.8. The zero-order chi connectivity index (χ0) is 15.1. The van der Waals surface area contributed by atoms with Gasteiger partial charge in [0.1, 0.15) is 11.0 Å². The van der Waals surface area contributed by atoms with Crippen molar-refractivity contribution < 1.29 is 27.8 Å². The van der Waals surface area contributed by atoms with Crippen LogP contribution in [0.25, 0.3) is 0 Å². The Morgan fingerprint density at radius 3 is 2.26 bits per heavy atom. The predicted molar refractivity (Wildman–Crippen MR) is 62.5 cm³/mol. The smallest absolute Gasteiger partial charge is 0.410 e. The molecule has 0 aromatic rings. The molecule has 0 spiro atoms. The summed E-state index contributed by atoms with van der Waals surface area (Å²) in [5.74, 6) is -0.870. The third-order valence-corrected chi connectivity index (χ3v) is 3.41. The molecule has 0 radical (unpaired) electrons. The highest BCUT2D eigenvalue weighted by Gasteiger charge is 2.62. The first-order valence-corrected chi connectivity index (χ1v) is 6.08. The summed E-state index contributed by atoms with van der Waals surface area (Å²) in [6, 6.07) is 0. The van der Waals surface area contributed by atoms with Crippen LogP contribution in [-0.2, 0) is 4.74 Å². The molecule has 2 unspecified atom stereocenters. The fourth-order valence-corrected chi connectivity index (χ4v) is 2.20. The van der Waals surface area contributed by atoms with Gasteiger partial charge < -0.3 is 14.7 Å². The highest BCUT2D eigenvalue weighted by atomic mass is 19.4. The highest BCUT2D eigenvalue weighted by molar-refractivity contribution is 5.68. The van der Waals surface area contributed by atoms with E-state index in [0.29, 0.717) is 0 Å². The van der Waals surface area contributed by atoms with Gasteiger partial charge in [-0.3, -0.25) is 0 Å². The van der Waals surface area contributed by atoms with Crippen molar-refractivity contribution in [2.24, 2.45) is 11.3 Å². The van der Waals surface area contributed by atoms with Gasteiger partial charge in [0.2, 0.25) is 0 Å². The Bertz CT molecular complexity index is 351. The molecule has 2 atom stereocenters. The van der Waals surface area contributed by atoms with Gasteiger partial charge in [0.15, 0.2) is 0 Å². The molecule has 0 aromatic heterocycles. The molecule has 1 aliphatic heterocycles. The molecule has 0 aliphatic carbocycles. The van der Waals surface area contributed by atoms with Gasteiger partial charge in [-0.15, -0.1) is 0 Å². The number of carbonyl (C=O) groups excluding carboxylic acids is 1. The maximum atomic E-state index is 13.1. The zero-order valence-electron chi connectivity index (χ0n) is 11.5. The zero-order valence-corrected chi connectivity index (χ0v) is 11.5. The molecule has 112 valence electrons. The van der Waals surface area contributed by atoms with E-state index in [2.05, 4.69) is 0 Å². The molecule has 19 heavy (non-hydrogen) atoms. The van der Waals surface area contributed by atoms with E-state index in [9.17, 15) is 18.0 Å². The van der Waals surface area contributed by atoms with Crippen molar-refractivity contribution in [1.82, 2.24) is 4.90 Å². The van der Waals surface area contributed by atoms with Gasteiger partial charge in [0.05, 0.1) is 6.61 Å². The Balaban J connectivity index is 2.88. The molecule has 1 amide bonds. The second kappa shape index (κ2) is 4.85. The number of rotatable bonds is 1. The van der Waals surface area contributed by atoms with Gasteiger partial charge in [0, 0.05) is 13.1 Å². The summed E-state index contributed by atoms with van der Waals surface area (Å²) in [6.07, 6.45) is -5.34.